The molecule has 3 saturated heterocycles. The maximum atomic E-state index is 12.4. The van der Waals surface area contributed by atoms with Gasteiger partial charge in [-0.3, -0.25) is 14.5 Å². The van der Waals surface area contributed by atoms with Crippen LogP contribution in [0.2, 0.25) is 0 Å². The van der Waals surface area contributed by atoms with E-state index < -0.39 is 5.41 Å². The summed E-state index contributed by atoms with van der Waals surface area (Å²) in [4.78, 5) is 25.9. The zero-order valence-electron chi connectivity index (χ0n) is 9.89. The Labute approximate surface area is 99.7 Å². The maximum absolute atomic E-state index is 12.4. The predicted molar refractivity (Wildman–Crippen MR) is 57.9 cm³/mol. The molecule has 3 fully saturated rings. The molecule has 2 bridgehead atoms. The summed E-state index contributed by atoms with van der Waals surface area (Å²) in [6.45, 7) is 2.20. The van der Waals surface area contributed by atoms with Crippen LogP contribution in [0, 0.1) is 11.3 Å². The normalized spacial score (nSPS) is 43.6. The van der Waals surface area contributed by atoms with E-state index in [0.29, 0.717) is 13.0 Å². The largest absolute Gasteiger partial charge is 0.396 e. The van der Waals surface area contributed by atoms with E-state index in [9.17, 15) is 9.59 Å². The highest BCUT2D eigenvalue weighted by Gasteiger charge is 2.69. The Hall–Kier alpha value is -0.940. The van der Waals surface area contributed by atoms with Crippen LogP contribution in [0.4, 0.5) is 0 Å². The van der Waals surface area contributed by atoms with Crippen LogP contribution in [0.3, 0.4) is 0 Å². The van der Waals surface area contributed by atoms with Crippen LogP contribution >= 0.6 is 0 Å². The van der Waals surface area contributed by atoms with E-state index in [1.165, 1.54) is 4.90 Å². The first-order chi connectivity index (χ1) is 8.10. The van der Waals surface area contributed by atoms with Gasteiger partial charge in [0.05, 0.1) is 23.5 Å². The van der Waals surface area contributed by atoms with Crippen molar-refractivity contribution in [2.45, 2.75) is 38.4 Å². The average molecular weight is 239 g/mol. The summed E-state index contributed by atoms with van der Waals surface area (Å²) in [5.74, 6) is -0.487. The van der Waals surface area contributed by atoms with E-state index in [0.717, 1.165) is 12.8 Å². The number of likely N-dealkylation sites (tertiary alicyclic amines) is 1. The molecule has 3 rings (SSSR count). The Kier molecular flexibility index (Phi) is 2.32. The summed E-state index contributed by atoms with van der Waals surface area (Å²) in [6.07, 6.45) is 2.06. The minimum absolute atomic E-state index is 0.00178. The third kappa shape index (κ3) is 1.21. The minimum atomic E-state index is -0.643. The molecule has 0 spiro atoms. The number of ether oxygens (including phenoxy) is 1. The molecule has 5 heteroatoms. The highest BCUT2D eigenvalue weighted by Crippen LogP contribution is 2.56. The first kappa shape index (κ1) is 11.2. The standard InChI is InChI=1S/C12H17NO4/c1-12-8-4-3-7(17-8)9(12)10(15)13(11(12)16)5-2-6-14/h7-9,14H,2-6H2,1H3/t7-,8+,9+,12+/m0/s1. The van der Waals surface area contributed by atoms with Crippen molar-refractivity contribution in [3.05, 3.63) is 0 Å². The summed E-state index contributed by atoms with van der Waals surface area (Å²) in [7, 11) is 0. The Morgan fingerprint density at radius 2 is 2.24 bits per heavy atom. The van der Waals surface area contributed by atoms with Crippen LogP contribution in [0.1, 0.15) is 26.2 Å². The number of carbonyl (C=O) groups excluding carboxylic acids is 2. The number of carbonyl (C=O) groups is 2. The topological polar surface area (TPSA) is 66.8 Å². The number of imide groups is 1. The summed E-state index contributed by atoms with van der Waals surface area (Å²) in [6, 6.07) is 0. The van der Waals surface area contributed by atoms with Gasteiger partial charge in [-0.15, -0.1) is 0 Å². The molecule has 0 aromatic heterocycles. The SMILES string of the molecule is C[C@]12C(=O)N(CCCO)C(=O)[C@H]1[C@@H]1CC[C@H]2O1. The molecule has 3 aliphatic rings. The van der Waals surface area contributed by atoms with Gasteiger partial charge in [-0.05, 0) is 26.2 Å². The van der Waals surface area contributed by atoms with Crippen molar-refractivity contribution in [2.75, 3.05) is 13.2 Å². The van der Waals surface area contributed by atoms with E-state index >= 15 is 0 Å². The molecule has 2 amide bonds. The molecule has 3 heterocycles. The molecular weight excluding hydrogens is 222 g/mol. The Morgan fingerprint density at radius 1 is 1.47 bits per heavy atom. The summed E-state index contributed by atoms with van der Waals surface area (Å²) in [5.41, 5.74) is -0.643. The van der Waals surface area contributed by atoms with Crippen LogP contribution in [-0.4, -0.2) is 47.2 Å². The third-order valence-corrected chi connectivity index (χ3v) is 4.52. The number of hydrogen-bond donors (Lipinski definition) is 1. The van der Waals surface area contributed by atoms with Crippen LogP contribution in [0.15, 0.2) is 0 Å². The van der Waals surface area contributed by atoms with Crippen molar-refractivity contribution in [3.8, 4) is 0 Å². The van der Waals surface area contributed by atoms with Gasteiger partial charge >= 0.3 is 0 Å². The summed E-state index contributed by atoms with van der Waals surface area (Å²) in [5, 5.41) is 8.81. The number of aliphatic hydroxyl groups excluding tert-OH is 1. The maximum Gasteiger partial charge on any atom is 0.238 e. The van der Waals surface area contributed by atoms with Gasteiger partial charge in [-0.2, -0.15) is 0 Å². The van der Waals surface area contributed by atoms with E-state index in [1.807, 2.05) is 6.92 Å². The van der Waals surface area contributed by atoms with Gasteiger partial charge in [-0.1, -0.05) is 0 Å². The van der Waals surface area contributed by atoms with E-state index in [4.69, 9.17) is 9.84 Å². The van der Waals surface area contributed by atoms with Gasteiger partial charge < -0.3 is 9.84 Å². The Balaban J connectivity index is 1.90. The molecule has 94 valence electrons. The summed E-state index contributed by atoms with van der Waals surface area (Å²) < 4.78 is 5.72. The first-order valence-corrected chi connectivity index (χ1v) is 6.23. The van der Waals surface area contributed by atoms with E-state index in [1.54, 1.807) is 0 Å². The molecule has 1 N–H and O–H groups in total. The van der Waals surface area contributed by atoms with Crippen molar-refractivity contribution in [1.29, 1.82) is 0 Å². The van der Waals surface area contributed by atoms with Crippen LogP contribution < -0.4 is 0 Å². The lowest BCUT2D eigenvalue weighted by Gasteiger charge is -2.28. The number of aliphatic hydroxyl groups is 1. The Morgan fingerprint density at radius 3 is 2.88 bits per heavy atom. The minimum Gasteiger partial charge on any atom is -0.396 e. The number of fused-ring (bicyclic) bond motifs is 5. The highest BCUT2D eigenvalue weighted by molar-refractivity contribution is 6.08. The molecular formula is C12H17NO4. The van der Waals surface area contributed by atoms with Crippen molar-refractivity contribution in [3.63, 3.8) is 0 Å². The van der Waals surface area contributed by atoms with Gasteiger partial charge in [0, 0.05) is 13.2 Å². The second kappa shape index (κ2) is 3.53. The van der Waals surface area contributed by atoms with Gasteiger partial charge in [0.25, 0.3) is 0 Å². The van der Waals surface area contributed by atoms with Crippen molar-refractivity contribution < 1.29 is 19.4 Å². The summed E-state index contributed by atoms with van der Waals surface area (Å²) >= 11 is 0. The monoisotopic (exact) mass is 239 g/mol. The lowest BCUT2D eigenvalue weighted by atomic mass is 9.69. The second-order valence-electron chi connectivity index (χ2n) is 5.37. The molecule has 0 unspecified atom stereocenters. The number of rotatable bonds is 3. The number of nitrogens with zero attached hydrogens (tertiary/aromatic N) is 1. The third-order valence-electron chi connectivity index (χ3n) is 4.52. The van der Waals surface area contributed by atoms with Crippen molar-refractivity contribution in [2.24, 2.45) is 11.3 Å². The zero-order chi connectivity index (χ0) is 12.2. The molecule has 0 aromatic carbocycles. The quantitative estimate of drug-likeness (QED) is 0.700. The molecule has 0 aliphatic carbocycles. The van der Waals surface area contributed by atoms with Gasteiger partial charge in [0.2, 0.25) is 11.8 Å². The van der Waals surface area contributed by atoms with Crippen LogP contribution in [-0.2, 0) is 14.3 Å². The van der Waals surface area contributed by atoms with Crippen LogP contribution in [0.25, 0.3) is 0 Å². The first-order valence-electron chi connectivity index (χ1n) is 6.23. The average Bonchev–Trinajstić information content (AvgIpc) is 2.92. The number of hydrogen-bond acceptors (Lipinski definition) is 4. The predicted octanol–water partition coefficient (Wildman–Crippen LogP) is -0.0787. The van der Waals surface area contributed by atoms with Crippen molar-refractivity contribution >= 4 is 11.8 Å². The fourth-order valence-electron chi connectivity index (χ4n) is 3.62. The fraction of sp³-hybridized carbons (Fsp3) is 0.833. The zero-order valence-corrected chi connectivity index (χ0v) is 9.89. The molecule has 0 saturated carbocycles. The molecule has 3 aliphatic heterocycles. The van der Waals surface area contributed by atoms with Gasteiger partial charge in [-0.25, -0.2) is 0 Å². The van der Waals surface area contributed by atoms with Gasteiger partial charge in [0.15, 0.2) is 0 Å². The molecule has 17 heavy (non-hydrogen) atoms. The lowest BCUT2D eigenvalue weighted by Crippen LogP contribution is -2.41. The van der Waals surface area contributed by atoms with Gasteiger partial charge in [0.1, 0.15) is 0 Å². The molecule has 0 radical (unpaired) electrons. The molecule has 4 atom stereocenters. The highest BCUT2D eigenvalue weighted by atomic mass is 16.5. The lowest BCUT2D eigenvalue weighted by molar-refractivity contribution is -0.144. The number of amides is 2. The van der Waals surface area contributed by atoms with E-state index in [2.05, 4.69) is 0 Å². The second-order valence-corrected chi connectivity index (χ2v) is 5.37. The fourth-order valence-corrected chi connectivity index (χ4v) is 3.62. The molecule has 0 aromatic rings. The molecule has 5 nitrogen and oxygen atoms in total. The van der Waals surface area contributed by atoms with Crippen LogP contribution in [0.5, 0.6) is 0 Å². The Bertz CT molecular complexity index is 383. The smallest absolute Gasteiger partial charge is 0.238 e. The van der Waals surface area contributed by atoms with E-state index in [-0.39, 0.29) is 36.5 Å². The van der Waals surface area contributed by atoms with Crippen molar-refractivity contribution in [1.82, 2.24) is 4.90 Å².